The number of carbonyl (C=O) groups is 1. The van der Waals surface area contributed by atoms with Gasteiger partial charge in [-0.3, -0.25) is 9.78 Å². The number of H-pyrrole nitrogens is 1. The van der Waals surface area contributed by atoms with Gasteiger partial charge in [-0.15, -0.1) is 10.2 Å². The molecule has 9 heteroatoms. The molecule has 0 spiro atoms. The lowest BCUT2D eigenvalue weighted by molar-refractivity contribution is 0.0949. The summed E-state index contributed by atoms with van der Waals surface area (Å²) in [5.74, 6) is -0.926. The van der Waals surface area contributed by atoms with E-state index in [1.807, 2.05) is 24.3 Å². The van der Waals surface area contributed by atoms with Crippen LogP contribution in [-0.2, 0) is 13.0 Å². The van der Waals surface area contributed by atoms with Gasteiger partial charge in [0, 0.05) is 18.5 Å². The van der Waals surface area contributed by atoms with Crippen LogP contribution >= 0.6 is 0 Å². The first-order chi connectivity index (χ1) is 14.6. The van der Waals surface area contributed by atoms with Crippen molar-refractivity contribution in [3.8, 4) is 11.4 Å². The molecule has 0 bridgehead atoms. The van der Waals surface area contributed by atoms with Crippen molar-refractivity contribution in [2.45, 2.75) is 13.0 Å². The normalized spacial score (nSPS) is 10.7. The van der Waals surface area contributed by atoms with Crippen molar-refractivity contribution in [2.24, 2.45) is 0 Å². The number of hydrogen-bond acceptors (Lipinski definition) is 5. The molecule has 2 aromatic heterocycles. The summed E-state index contributed by atoms with van der Waals surface area (Å²) in [6.07, 6.45) is 1.34. The SMILES string of the molecule is O=C(NCc1ccc(-c2nn[nH]n2)cc1)c1cc(F)cnc1Cc1ccc(F)cc1. The minimum absolute atomic E-state index is 0.141. The Labute approximate surface area is 170 Å². The second-order valence-corrected chi connectivity index (χ2v) is 6.57. The van der Waals surface area contributed by atoms with Crippen molar-refractivity contribution in [2.75, 3.05) is 0 Å². The zero-order valence-electron chi connectivity index (χ0n) is 15.6. The number of halogens is 2. The fraction of sp³-hybridized carbons (Fsp3) is 0.0952. The van der Waals surface area contributed by atoms with Crippen molar-refractivity contribution < 1.29 is 13.6 Å². The highest BCUT2D eigenvalue weighted by atomic mass is 19.1. The number of aromatic amines is 1. The van der Waals surface area contributed by atoms with Gasteiger partial charge in [0.25, 0.3) is 5.91 Å². The van der Waals surface area contributed by atoms with Gasteiger partial charge in [0.2, 0.25) is 5.82 Å². The second kappa shape index (κ2) is 8.56. The van der Waals surface area contributed by atoms with Crippen molar-refractivity contribution >= 4 is 5.91 Å². The van der Waals surface area contributed by atoms with Crippen LogP contribution in [0.5, 0.6) is 0 Å². The highest BCUT2D eigenvalue weighted by molar-refractivity contribution is 5.95. The van der Waals surface area contributed by atoms with Crippen LogP contribution in [0.1, 0.15) is 27.2 Å². The van der Waals surface area contributed by atoms with Crippen molar-refractivity contribution in [1.82, 2.24) is 30.9 Å². The van der Waals surface area contributed by atoms with Crippen molar-refractivity contribution in [1.29, 1.82) is 0 Å². The van der Waals surface area contributed by atoms with E-state index in [2.05, 4.69) is 30.9 Å². The molecule has 1 amide bonds. The molecule has 0 fully saturated rings. The Bertz CT molecular complexity index is 1150. The van der Waals surface area contributed by atoms with E-state index in [9.17, 15) is 13.6 Å². The largest absolute Gasteiger partial charge is 0.348 e. The molecule has 7 nitrogen and oxygen atoms in total. The lowest BCUT2D eigenvalue weighted by Gasteiger charge is -2.10. The maximum absolute atomic E-state index is 13.7. The molecule has 150 valence electrons. The molecular formula is C21H16F2N6O. The number of tetrazole rings is 1. The van der Waals surface area contributed by atoms with E-state index in [1.165, 1.54) is 12.1 Å². The average molecular weight is 406 g/mol. The molecule has 0 saturated heterocycles. The van der Waals surface area contributed by atoms with E-state index < -0.39 is 11.7 Å². The summed E-state index contributed by atoms with van der Waals surface area (Å²) in [4.78, 5) is 16.7. The smallest absolute Gasteiger partial charge is 0.253 e. The molecule has 2 heterocycles. The van der Waals surface area contributed by atoms with Gasteiger partial charge in [-0.2, -0.15) is 5.21 Å². The van der Waals surface area contributed by atoms with Gasteiger partial charge in [0.1, 0.15) is 11.6 Å². The van der Waals surface area contributed by atoms with E-state index in [0.29, 0.717) is 11.5 Å². The number of amides is 1. The third-order valence-electron chi connectivity index (χ3n) is 4.48. The molecule has 0 radical (unpaired) electrons. The number of pyridine rings is 1. The van der Waals surface area contributed by atoms with Gasteiger partial charge < -0.3 is 5.32 Å². The highest BCUT2D eigenvalue weighted by Crippen LogP contribution is 2.16. The zero-order chi connectivity index (χ0) is 20.9. The van der Waals surface area contributed by atoms with Gasteiger partial charge in [0.05, 0.1) is 17.5 Å². The number of nitrogens with one attached hydrogen (secondary N) is 2. The topological polar surface area (TPSA) is 96.5 Å². The maximum Gasteiger partial charge on any atom is 0.253 e. The number of benzene rings is 2. The number of aromatic nitrogens is 5. The van der Waals surface area contributed by atoms with Crippen LogP contribution in [0.4, 0.5) is 8.78 Å². The lowest BCUT2D eigenvalue weighted by atomic mass is 10.0. The molecule has 0 atom stereocenters. The first-order valence-electron chi connectivity index (χ1n) is 9.08. The monoisotopic (exact) mass is 406 g/mol. The average Bonchev–Trinajstić information content (AvgIpc) is 3.30. The van der Waals surface area contributed by atoms with E-state index in [-0.39, 0.29) is 24.3 Å². The van der Waals surface area contributed by atoms with Gasteiger partial charge >= 0.3 is 0 Å². The van der Waals surface area contributed by atoms with E-state index in [1.54, 1.807) is 12.1 Å². The third kappa shape index (κ3) is 4.52. The Morgan fingerprint density at radius 3 is 2.40 bits per heavy atom. The van der Waals surface area contributed by atoms with Crippen LogP contribution in [-0.4, -0.2) is 31.5 Å². The van der Waals surface area contributed by atoms with Gasteiger partial charge in [0.15, 0.2) is 0 Å². The molecule has 0 aliphatic rings. The molecule has 2 N–H and O–H groups in total. The number of nitrogens with zero attached hydrogens (tertiary/aromatic N) is 4. The highest BCUT2D eigenvalue weighted by Gasteiger charge is 2.15. The number of carbonyl (C=O) groups excluding carboxylic acids is 1. The van der Waals surface area contributed by atoms with Crippen molar-refractivity contribution in [3.63, 3.8) is 0 Å². The fourth-order valence-corrected chi connectivity index (χ4v) is 2.93. The molecule has 4 aromatic rings. The maximum atomic E-state index is 13.7. The molecular weight excluding hydrogens is 390 g/mol. The van der Waals surface area contributed by atoms with E-state index >= 15 is 0 Å². The molecule has 0 unspecified atom stereocenters. The summed E-state index contributed by atoms with van der Waals surface area (Å²) in [5.41, 5.74) is 2.95. The minimum atomic E-state index is -0.604. The van der Waals surface area contributed by atoms with Gasteiger partial charge in [-0.1, -0.05) is 36.4 Å². The molecule has 30 heavy (non-hydrogen) atoms. The minimum Gasteiger partial charge on any atom is -0.348 e. The van der Waals surface area contributed by atoms with E-state index in [4.69, 9.17) is 0 Å². The molecule has 0 aliphatic carbocycles. The summed E-state index contributed by atoms with van der Waals surface area (Å²) < 4.78 is 26.8. The Morgan fingerprint density at radius 2 is 1.70 bits per heavy atom. The molecule has 2 aromatic carbocycles. The second-order valence-electron chi connectivity index (χ2n) is 6.57. The number of hydrogen-bond donors (Lipinski definition) is 2. The fourth-order valence-electron chi connectivity index (χ4n) is 2.93. The molecule has 4 rings (SSSR count). The summed E-state index contributed by atoms with van der Waals surface area (Å²) in [6.45, 7) is 0.248. The van der Waals surface area contributed by atoms with Crippen LogP contribution in [0.2, 0.25) is 0 Å². The van der Waals surface area contributed by atoms with Crippen LogP contribution in [0.15, 0.2) is 60.8 Å². The van der Waals surface area contributed by atoms with Crippen LogP contribution in [0.25, 0.3) is 11.4 Å². The van der Waals surface area contributed by atoms with Gasteiger partial charge in [-0.05, 0) is 34.5 Å². The summed E-state index contributed by atoms with van der Waals surface area (Å²) in [6, 6.07) is 14.3. The molecule has 0 aliphatic heterocycles. The third-order valence-corrected chi connectivity index (χ3v) is 4.48. The van der Waals surface area contributed by atoms with Crippen LogP contribution in [0.3, 0.4) is 0 Å². The van der Waals surface area contributed by atoms with Crippen molar-refractivity contribution in [3.05, 3.63) is 94.8 Å². The Balaban J connectivity index is 1.46. The van der Waals surface area contributed by atoms with Gasteiger partial charge in [-0.25, -0.2) is 8.78 Å². The zero-order valence-corrected chi connectivity index (χ0v) is 15.6. The Kier molecular flexibility index (Phi) is 5.51. The predicted molar refractivity (Wildman–Crippen MR) is 104 cm³/mol. The first kappa shape index (κ1) is 19.3. The van der Waals surface area contributed by atoms with Crippen LogP contribution in [0, 0.1) is 11.6 Å². The Hall–Kier alpha value is -4.01. The van der Waals surface area contributed by atoms with E-state index in [0.717, 1.165) is 29.0 Å². The first-order valence-corrected chi connectivity index (χ1v) is 9.08. The molecule has 0 saturated carbocycles. The number of rotatable bonds is 6. The van der Waals surface area contributed by atoms with Crippen LogP contribution < -0.4 is 5.32 Å². The Morgan fingerprint density at radius 1 is 0.967 bits per heavy atom. The lowest BCUT2D eigenvalue weighted by Crippen LogP contribution is -2.24. The quantitative estimate of drug-likeness (QED) is 0.513. The summed E-state index contributed by atoms with van der Waals surface area (Å²) in [5, 5.41) is 16.5. The summed E-state index contributed by atoms with van der Waals surface area (Å²) >= 11 is 0. The summed E-state index contributed by atoms with van der Waals surface area (Å²) in [7, 11) is 0. The standard InChI is InChI=1S/C21H16F2N6O/c22-16-7-3-13(4-8-16)9-19-18(10-17(23)12-24-19)21(30)25-11-14-1-5-15(6-2-14)20-26-28-29-27-20/h1-8,10,12H,9,11H2,(H,25,30)(H,26,27,28,29). The predicted octanol–water partition coefficient (Wildman–Crippen LogP) is 3.06.